The van der Waals surface area contributed by atoms with Crippen LogP contribution in [0.15, 0.2) is 12.2 Å². The fourth-order valence-corrected chi connectivity index (χ4v) is 9.19. The van der Waals surface area contributed by atoms with Crippen LogP contribution in [0.3, 0.4) is 0 Å². The van der Waals surface area contributed by atoms with Crippen LogP contribution in [0.2, 0.25) is 0 Å². The summed E-state index contributed by atoms with van der Waals surface area (Å²) >= 11 is 0. The molecule has 0 rings (SSSR count). The van der Waals surface area contributed by atoms with E-state index in [4.69, 9.17) is 14.2 Å². The summed E-state index contributed by atoms with van der Waals surface area (Å²) in [7, 11) is 0. The van der Waals surface area contributed by atoms with Crippen LogP contribution in [0, 0.1) is 0 Å². The number of esters is 3. The van der Waals surface area contributed by atoms with Gasteiger partial charge in [-0.15, -0.1) is 0 Å². The maximum atomic E-state index is 12.7. The van der Waals surface area contributed by atoms with Gasteiger partial charge in [0.1, 0.15) is 13.2 Å². The molecule has 0 aliphatic heterocycles. The molecule has 67 heavy (non-hydrogen) atoms. The van der Waals surface area contributed by atoms with E-state index in [0.717, 1.165) is 64.2 Å². The molecule has 6 nitrogen and oxygen atoms in total. The van der Waals surface area contributed by atoms with Crippen molar-refractivity contribution in [2.45, 2.75) is 348 Å². The third kappa shape index (κ3) is 55.0. The summed E-state index contributed by atoms with van der Waals surface area (Å²) in [6.07, 6.45) is 65.4. The number of hydrogen-bond donors (Lipinski definition) is 0. The molecule has 0 spiro atoms. The highest BCUT2D eigenvalue weighted by atomic mass is 16.6. The third-order valence-electron chi connectivity index (χ3n) is 13.8. The van der Waals surface area contributed by atoms with Crippen molar-refractivity contribution >= 4 is 17.9 Å². The van der Waals surface area contributed by atoms with Crippen LogP contribution in [0.5, 0.6) is 0 Å². The van der Waals surface area contributed by atoms with E-state index in [-0.39, 0.29) is 31.1 Å². The molecular weight excluding hydrogens is 829 g/mol. The zero-order chi connectivity index (χ0) is 48.6. The topological polar surface area (TPSA) is 78.9 Å². The first-order chi connectivity index (χ1) is 33.0. The number of unbranched alkanes of at least 4 members (excludes halogenated alkanes) is 43. The summed E-state index contributed by atoms with van der Waals surface area (Å²) in [4.78, 5) is 37.9. The molecule has 0 radical (unpaired) electrons. The van der Waals surface area contributed by atoms with Gasteiger partial charge in [0, 0.05) is 19.3 Å². The molecule has 6 heteroatoms. The Morgan fingerprint density at radius 1 is 0.284 bits per heavy atom. The number of allylic oxidation sites excluding steroid dienone is 2. The van der Waals surface area contributed by atoms with Gasteiger partial charge in [0.25, 0.3) is 0 Å². The molecule has 0 aromatic rings. The van der Waals surface area contributed by atoms with Gasteiger partial charge < -0.3 is 14.2 Å². The molecule has 0 aromatic carbocycles. The monoisotopic (exact) mass is 945 g/mol. The Hall–Kier alpha value is -1.85. The van der Waals surface area contributed by atoms with Crippen LogP contribution in [-0.2, 0) is 28.6 Å². The Bertz CT molecular complexity index is 1040. The van der Waals surface area contributed by atoms with Gasteiger partial charge in [-0.05, 0) is 38.5 Å². The van der Waals surface area contributed by atoms with Crippen molar-refractivity contribution in [3.05, 3.63) is 12.2 Å². The Balaban J connectivity index is 3.94. The second kappa shape index (κ2) is 56.7. The lowest BCUT2D eigenvalue weighted by Crippen LogP contribution is -2.30. The van der Waals surface area contributed by atoms with Gasteiger partial charge in [-0.1, -0.05) is 296 Å². The maximum Gasteiger partial charge on any atom is 0.306 e. The van der Waals surface area contributed by atoms with Crippen molar-refractivity contribution in [2.24, 2.45) is 0 Å². The van der Waals surface area contributed by atoms with Crippen LogP contribution in [-0.4, -0.2) is 37.2 Å². The van der Waals surface area contributed by atoms with E-state index < -0.39 is 6.10 Å². The minimum atomic E-state index is -0.767. The van der Waals surface area contributed by atoms with Gasteiger partial charge >= 0.3 is 17.9 Å². The predicted octanol–water partition coefficient (Wildman–Crippen LogP) is 20.1. The average molecular weight is 946 g/mol. The third-order valence-corrected chi connectivity index (χ3v) is 13.8. The van der Waals surface area contributed by atoms with Crippen molar-refractivity contribution in [2.75, 3.05) is 13.2 Å². The molecule has 0 aromatic heterocycles. The van der Waals surface area contributed by atoms with E-state index in [0.29, 0.717) is 19.3 Å². The lowest BCUT2D eigenvalue weighted by molar-refractivity contribution is -0.167. The lowest BCUT2D eigenvalue weighted by Gasteiger charge is -2.18. The summed E-state index contributed by atoms with van der Waals surface area (Å²) < 4.78 is 16.8. The summed E-state index contributed by atoms with van der Waals surface area (Å²) in [6, 6.07) is 0. The molecule has 0 heterocycles. The minimum Gasteiger partial charge on any atom is -0.462 e. The second-order valence-electron chi connectivity index (χ2n) is 20.6. The van der Waals surface area contributed by atoms with Crippen molar-refractivity contribution < 1.29 is 28.6 Å². The highest BCUT2D eigenvalue weighted by Crippen LogP contribution is 2.18. The molecule has 0 aliphatic rings. The Labute approximate surface area is 418 Å². The fraction of sp³-hybridized carbons (Fsp3) is 0.918. The van der Waals surface area contributed by atoms with Crippen molar-refractivity contribution in [1.29, 1.82) is 0 Å². The van der Waals surface area contributed by atoms with Crippen LogP contribution in [0.25, 0.3) is 0 Å². The molecule has 0 saturated heterocycles. The summed E-state index contributed by atoms with van der Waals surface area (Å²) in [6.45, 7) is 6.61. The van der Waals surface area contributed by atoms with Crippen molar-refractivity contribution in [3.63, 3.8) is 0 Å². The van der Waals surface area contributed by atoms with Crippen LogP contribution in [0.1, 0.15) is 342 Å². The lowest BCUT2D eigenvalue weighted by atomic mass is 10.0. The van der Waals surface area contributed by atoms with E-state index in [2.05, 4.69) is 32.9 Å². The molecule has 396 valence electrons. The van der Waals surface area contributed by atoms with E-state index in [1.54, 1.807) is 0 Å². The number of ether oxygens (including phenoxy) is 3. The van der Waals surface area contributed by atoms with E-state index in [1.165, 1.54) is 238 Å². The molecule has 0 aliphatic carbocycles. The summed E-state index contributed by atoms with van der Waals surface area (Å²) in [5.41, 5.74) is 0. The zero-order valence-corrected chi connectivity index (χ0v) is 45.5. The van der Waals surface area contributed by atoms with E-state index in [1.807, 2.05) is 0 Å². The van der Waals surface area contributed by atoms with Crippen LogP contribution in [0.4, 0.5) is 0 Å². The number of carbonyl (C=O) groups is 3. The SMILES string of the molecule is CCCC/C=C\CCCCCCCC(=O)OC(COC(=O)CCCCCCCCCC)COC(=O)CCCCCCCCCCCCCCCCCCCCCCCCCCCCCCCC. The molecule has 0 amide bonds. The van der Waals surface area contributed by atoms with Gasteiger partial charge in [0.05, 0.1) is 0 Å². The van der Waals surface area contributed by atoms with Crippen LogP contribution < -0.4 is 0 Å². The predicted molar refractivity (Wildman–Crippen MR) is 289 cm³/mol. The van der Waals surface area contributed by atoms with Crippen LogP contribution >= 0.6 is 0 Å². The molecular formula is C61H116O6. The first-order valence-corrected chi connectivity index (χ1v) is 30.2. The number of rotatable bonds is 56. The van der Waals surface area contributed by atoms with Gasteiger partial charge in [-0.2, -0.15) is 0 Å². The van der Waals surface area contributed by atoms with Crippen molar-refractivity contribution in [1.82, 2.24) is 0 Å². The number of hydrogen-bond acceptors (Lipinski definition) is 6. The summed E-state index contributed by atoms with van der Waals surface area (Å²) in [5, 5.41) is 0. The second-order valence-corrected chi connectivity index (χ2v) is 20.6. The zero-order valence-electron chi connectivity index (χ0n) is 45.5. The van der Waals surface area contributed by atoms with Gasteiger partial charge in [0.2, 0.25) is 0 Å². The largest absolute Gasteiger partial charge is 0.462 e. The highest BCUT2D eigenvalue weighted by Gasteiger charge is 2.19. The fourth-order valence-electron chi connectivity index (χ4n) is 9.19. The molecule has 1 atom stereocenters. The molecule has 1 unspecified atom stereocenters. The first-order valence-electron chi connectivity index (χ1n) is 30.2. The normalized spacial score (nSPS) is 12.0. The van der Waals surface area contributed by atoms with Gasteiger partial charge in [-0.25, -0.2) is 0 Å². The summed E-state index contributed by atoms with van der Waals surface area (Å²) in [5.74, 6) is -0.864. The van der Waals surface area contributed by atoms with Gasteiger partial charge in [0.15, 0.2) is 6.10 Å². The van der Waals surface area contributed by atoms with E-state index in [9.17, 15) is 14.4 Å². The average Bonchev–Trinajstić information content (AvgIpc) is 3.33. The first kappa shape index (κ1) is 65.1. The quantitative estimate of drug-likeness (QED) is 0.0262. The molecule has 0 saturated carbocycles. The van der Waals surface area contributed by atoms with E-state index >= 15 is 0 Å². The Kier molecular flexibility index (Phi) is 55.2. The molecule has 0 N–H and O–H groups in total. The standard InChI is InChI=1S/C61H116O6/c1-4-7-10-13-16-19-21-22-23-24-25-26-27-28-29-30-31-32-33-34-35-36-37-38-39-41-42-45-48-51-54-60(63)66-57-58(56-65-59(62)53-50-47-44-18-15-12-9-6-3)67-61(64)55-52-49-46-43-40-20-17-14-11-8-5-2/h14,17,58H,4-13,15-16,18-57H2,1-3H3/b17-14-. The smallest absolute Gasteiger partial charge is 0.306 e. The molecule has 0 fully saturated rings. The van der Waals surface area contributed by atoms with Gasteiger partial charge in [-0.3, -0.25) is 14.4 Å². The maximum absolute atomic E-state index is 12.7. The molecule has 0 bridgehead atoms. The Morgan fingerprint density at radius 2 is 0.507 bits per heavy atom. The highest BCUT2D eigenvalue weighted by molar-refractivity contribution is 5.71. The minimum absolute atomic E-state index is 0.0685. The van der Waals surface area contributed by atoms with Crippen molar-refractivity contribution in [3.8, 4) is 0 Å². The number of carbonyl (C=O) groups excluding carboxylic acids is 3. The Morgan fingerprint density at radius 3 is 0.791 bits per heavy atom.